The molecule has 0 unspecified atom stereocenters. The number of carbonyl (C=O) groups excluding carboxylic acids is 2. The summed E-state index contributed by atoms with van der Waals surface area (Å²) in [5.41, 5.74) is 1.30. The highest BCUT2D eigenvalue weighted by atomic mass is 16.2. The van der Waals surface area contributed by atoms with Gasteiger partial charge in [0.05, 0.1) is 6.54 Å². The van der Waals surface area contributed by atoms with Gasteiger partial charge in [-0.2, -0.15) is 0 Å². The number of amides is 2. The van der Waals surface area contributed by atoms with Crippen molar-refractivity contribution in [3.8, 4) is 0 Å². The highest BCUT2D eigenvalue weighted by molar-refractivity contribution is 5.78. The van der Waals surface area contributed by atoms with E-state index < -0.39 is 0 Å². The normalized spacial score (nSPS) is 22.9. The number of aryl methyl sites for hydroxylation is 1. The van der Waals surface area contributed by atoms with E-state index in [1.807, 2.05) is 6.07 Å². The molecule has 3 aliphatic rings. The van der Waals surface area contributed by atoms with Gasteiger partial charge in [0, 0.05) is 46.2 Å². The van der Waals surface area contributed by atoms with Crippen molar-refractivity contribution >= 4 is 11.8 Å². The fraction of sp³-hybridized carbons (Fsp3) is 0.619. The van der Waals surface area contributed by atoms with Gasteiger partial charge in [-0.25, -0.2) is 0 Å². The summed E-state index contributed by atoms with van der Waals surface area (Å²) in [7, 11) is 3.61. The molecule has 1 aromatic carbocycles. The molecule has 3 fully saturated rings. The van der Waals surface area contributed by atoms with Crippen molar-refractivity contribution in [2.24, 2.45) is 5.92 Å². The molecule has 2 bridgehead atoms. The first-order valence-electron chi connectivity index (χ1n) is 9.79. The molecule has 1 aromatic rings. The molecule has 0 aromatic heterocycles. The third kappa shape index (κ3) is 4.85. The van der Waals surface area contributed by atoms with Crippen molar-refractivity contribution in [1.29, 1.82) is 0 Å². The first-order valence-corrected chi connectivity index (χ1v) is 9.79. The molecule has 26 heavy (non-hydrogen) atoms. The molecular formula is C21H31N3O2. The maximum atomic E-state index is 12.8. The standard InChI is InChI=1S/C21H31N3O2/c1-22(2)21(26)16-23-13-18-11-12-19(15-23)24(14-18)20(25)10-6-9-17-7-4-3-5-8-17/h3-5,7-8,18-19H,6,9-16H2,1-2H3/t18-,19+/m0/s1. The Bertz CT molecular complexity index is 617. The molecule has 2 amide bonds. The molecule has 4 rings (SSSR count). The lowest BCUT2D eigenvalue weighted by atomic mass is 9.94. The summed E-state index contributed by atoms with van der Waals surface area (Å²) < 4.78 is 0. The highest BCUT2D eigenvalue weighted by Crippen LogP contribution is 2.28. The van der Waals surface area contributed by atoms with Crippen molar-refractivity contribution in [1.82, 2.24) is 14.7 Å². The maximum Gasteiger partial charge on any atom is 0.236 e. The Morgan fingerprint density at radius 2 is 1.85 bits per heavy atom. The summed E-state index contributed by atoms with van der Waals surface area (Å²) in [6.45, 7) is 3.10. The third-order valence-corrected chi connectivity index (χ3v) is 5.67. The first-order chi connectivity index (χ1) is 12.5. The molecular weight excluding hydrogens is 326 g/mol. The second kappa shape index (κ2) is 8.67. The quantitative estimate of drug-likeness (QED) is 0.782. The SMILES string of the molecule is CN(C)C(=O)CN1C[C@@H]2CC[C@H](C1)N(C(=O)CCCc1ccccc1)C2. The first kappa shape index (κ1) is 18.9. The van der Waals surface area contributed by atoms with Gasteiger partial charge in [0.15, 0.2) is 0 Å². The molecule has 3 saturated heterocycles. The number of carbonyl (C=O) groups is 2. The summed E-state index contributed by atoms with van der Waals surface area (Å²) in [6, 6.07) is 10.6. The lowest BCUT2D eigenvalue weighted by molar-refractivity contribution is -0.135. The molecule has 0 radical (unpaired) electrons. The number of piperidine rings is 1. The Balaban J connectivity index is 1.52. The van der Waals surface area contributed by atoms with Gasteiger partial charge >= 0.3 is 0 Å². The van der Waals surface area contributed by atoms with Crippen LogP contribution in [-0.4, -0.2) is 72.8 Å². The average Bonchev–Trinajstić information content (AvgIpc) is 2.93. The second-order valence-corrected chi connectivity index (χ2v) is 7.96. The number of likely N-dealkylation sites (N-methyl/N-ethyl adjacent to an activating group) is 1. The van der Waals surface area contributed by atoms with Gasteiger partial charge in [0.1, 0.15) is 0 Å². The van der Waals surface area contributed by atoms with Crippen LogP contribution >= 0.6 is 0 Å². The molecule has 142 valence electrons. The number of hydrogen-bond donors (Lipinski definition) is 0. The Morgan fingerprint density at radius 3 is 2.58 bits per heavy atom. The monoisotopic (exact) mass is 357 g/mol. The van der Waals surface area contributed by atoms with E-state index >= 15 is 0 Å². The fourth-order valence-corrected chi connectivity index (χ4v) is 4.18. The fourth-order valence-electron chi connectivity index (χ4n) is 4.18. The summed E-state index contributed by atoms with van der Waals surface area (Å²) in [5, 5.41) is 0. The Labute approximate surface area is 156 Å². The minimum atomic E-state index is 0.145. The van der Waals surface area contributed by atoms with Gasteiger partial charge in [-0.3, -0.25) is 14.5 Å². The van der Waals surface area contributed by atoms with Crippen LogP contribution in [0.15, 0.2) is 30.3 Å². The number of rotatable bonds is 6. The summed E-state index contributed by atoms with van der Waals surface area (Å²) in [5.74, 6) is 0.935. The van der Waals surface area contributed by atoms with E-state index in [0.29, 0.717) is 18.9 Å². The van der Waals surface area contributed by atoms with E-state index in [-0.39, 0.29) is 17.9 Å². The predicted molar refractivity (Wildman–Crippen MR) is 103 cm³/mol. The molecule has 0 saturated carbocycles. The molecule has 5 nitrogen and oxygen atoms in total. The van der Waals surface area contributed by atoms with Gasteiger partial charge in [0.2, 0.25) is 11.8 Å². The minimum Gasteiger partial charge on any atom is -0.348 e. The molecule has 0 N–H and O–H groups in total. The second-order valence-electron chi connectivity index (χ2n) is 7.96. The summed E-state index contributed by atoms with van der Waals surface area (Å²) >= 11 is 0. The smallest absolute Gasteiger partial charge is 0.236 e. The highest BCUT2D eigenvalue weighted by Gasteiger charge is 2.37. The van der Waals surface area contributed by atoms with Crippen LogP contribution in [0, 0.1) is 5.92 Å². The summed E-state index contributed by atoms with van der Waals surface area (Å²) in [4.78, 5) is 30.9. The van der Waals surface area contributed by atoms with Crippen LogP contribution in [-0.2, 0) is 16.0 Å². The van der Waals surface area contributed by atoms with Crippen LogP contribution in [0.2, 0.25) is 0 Å². The van der Waals surface area contributed by atoms with E-state index in [9.17, 15) is 9.59 Å². The average molecular weight is 357 g/mol. The van der Waals surface area contributed by atoms with E-state index in [1.54, 1.807) is 19.0 Å². The van der Waals surface area contributed by atoms with Crippen LogP contribution in [0.25, 0.3) is 0 Å². The lowest BCUT2D eigenvalue weighted by Gasteiger charge is -2.36. The number of benzene rings is 1. The van der Waals surface area contributed by atoms with Crippen molar-refractivity contribution in [2.75, 3.05) is 40.3 Å². The van der Waals surface area contributed by atoms with Crippen LogP contribution in [0.3, 0.4) is 0 Å². The van der Waals surface area contributed by atoms with Crippen LogP contribution in [0.5, 0.6) is 0 Å². The van der Waals surface area contributed by atoms with Crippen LogP contribution in [0.4, 0.5) is 0 Å². The molecule has 2 atom stereocenters. The van der Waals surface area contributed by atoms with Gasteiger partial charge < -0.3 is 9.80 Å². The third-order valence-electron chi connectivity index (χ3n) is 5.67. The van der Waals surface area contributed by atoms with E-state index in [2.05, 4.69) is 34.1 Å². The summed E-state index contributed by atoms with van der Waals surface area (Å²) in [6.07, 6.45) is 4.72. The lowest BCUT2D eigenvalue weighted by Crippen LogP contribution is -2.47. The molecule has 3 aliphatic heterocycles. The topological polar surface area (TPSA) is 43.9 Å². The van der Waals surface area contributed by atoms with Gasteiger partial charge in [-0.05, 0) is 37.2 Å². The Hall–Kier alpha value is -1.88. The van der Waals surface area contributed by atoms with Gasteiger partial charge in [-0.1, -0.05) is 30.3 Å². The number of hydrogen-bond acceptors (Lipinski definition) is 3. The molecule has 3 heterocycles. The van der Waals surface area contributed by atoms with E-state index in [4.69, 9.17) is 0 Å². The van der Waals surface area contributed by atoms with Crippen molar-refractivity contribution in [3.63, 3.8) is 0 Å². The van der Waals surface area contributed by atoms with Crippen molar-refractivity contribution < 1.29 is 9.59 Å². The zero-order chi connectivity index (χ0) is 18.5. The number of fused-ring (bicyclic) bond motifs is 4. The maximum absolute atomic E-state index is 12.8. The van der Waals surface area contributed by atoms with Crippen molar-refractivity contribution in [3.05, 3.63) is 35.9 Å². The predicted octanol–water partition coefficient (Wildman–Crippen LogP) is 2.02. The number of nitrogens with zero attached hydrogens (tertiary/aromatic N) is 3. The van der Waals surface area contributed by atoms with E-state index in [1.165, 1.54) is 12.0 Å². The zero-order valence-electron chi connectivity index (χ0n) is 16.1. The van der Waals surface area contributed by atoms with Gasteiger partial charge in [-0.15, -0.1) is 0 Å². The van der Waals surface area contributed by atoms with Gasteiger partial charge in [0.25, 0.3) is 0 Å². The minimum absolute atomic E-state index is 0.145. The molecule has 0 aliphatic carbocycles. The zero-order valence-corrected chi connectivity index (χ0v) is 16.1. The molecule has 5 heteroatoms. The van der Waals surface area contributed by atoms with E-state index in [0.717, 1.165) is 38.9 Å². The van der Waals surface area contributed by atoms with Crippen LogP contribution < -0.4 is 0 Å². The Morgan fingerprint density at radius 1 is 1.08 bits per heavy atom. The van der Waals surface area contributed by atoms with Crippen LogP contribution in [0.1, 0.15) is 31.2 Å². The van der Waals surface area contributed by atoms with Crippen molar-refractivity contribution in [2.45, 2.75) is 38.1 Å². The Kier molecular flexibility index (Phi) is 6.30. The molecule has 0 spiro atoms. The largest absolute Gasteiger partial charge is 0.348 e.